The van der Waals surface area contributed by atoms with E-state index in [1.807, 2.05) is 12.1 Å². The summed E-state index contributed by atoms with van der Waals surface area (Å²) in [5.74, 6) is 1.03. The molecule has 0 amide bonds. The van der Waals surface area contributed by atoms with Crippen molar-refractivity contribution in [2.45, 2.75) is 32.7 Å². The van der Waals surface area contributed by atoms with Crippen LogP contribution in [0, 0.1) is 6.92 Å². The molecule has 1 aromatic heterocycles. The Labute approximate surface area is 109 Å². The third kappa shape index (κ3) is 2.82. The van der Waals surface area contributed by atoms with Crippen molar-refractivity contribution >= 4 is 11.0 Å². The van der Waals surface area contributed by atoms with Crippen molar-refractivity contribution in [2.24, 2.45) is 0 Å². The highest BCUT2D eigenvalue weighted by molar-refractivity contribution is 5.78. The van der Waals surface area contributed by atoms with Crippen molar-refractivity contribution < 1.29 is 4.42 Å². The van der Waals surface area contributed by atoms with Crippen molar-refractivity contribution in [3.63, 3.8) is 0 Å². The number of benzene rings is 1. The summed E-state index contributed by atoms with van der Waals surface area (Å²) in [5.41, 5.74) is 2.23. The molecule has 2 heteroatoms. The second-order valence-electron chi connectivity index (χ2n) is 4.67. The zero-order valence-corrected chi connectivity index (χ0v) is 11.2. The minimum absolute atomic E-state index is 0.278. The summed E-state index contributed by atoms with van der Waals surface area (Å²) >= 11 is 0. The molecular weight excluding hydrogens is 222 g/mol. The molecule has 0 radical (unpaired) electrons. The first-order valence-corrected chi connectivity index (χ1v) is 6.59. The average Bonchev–Trinajstić information content (AvgIpc) is 2.77. The zero-order valence-electron chi connectivity index (χ0n) is 11.2. The molecule has 0 spiro atoms. The highest BCUT2D eigenvalue weighted by atomic mass is 16.3. The summed E-state index contributed by atoms with van der Waals surface area (Å²) in [6.07, 6.45) is 3.97. The van der Waals surface area contributed by atoms with E-state index < -0.39 is 0 Å². The maximum Gasteiger partial charge on any atom is 0.134 e. The van der Waals surface area contributed by atoms with Crippen LogP contribution in [0.15, 0.2) is 41.3 Å². The molecule has 2 nitrogen and oxygen atoms in total. The normalized spacial score (nSPS) is 12.8. The van der Waals surface area contributed by atoms with Crippen LogP contribution < -0.4 is 5.32 Å². The zero-order chi connectivity index (χ0) is 13.0. The van der Waals surface area contributed by atoms with Gasteiger partial charge in [0.1, 0.15) is 11.3 Å². The standard InChI is InChI=1S/C16H21NO/c1-4-6-7-14(17-5-2)16-11-13-10-12(3)8-9-15(13)18-16/h4,8-11,14,17H,1,5-7H2,2-3H3. The van der Waals surface area contributed by atoms with Crippen LogP contribution in [-0.2, 0) is 0 Å². The molecule has 0 bridgehead atoms. The van der Waals surface area contributed by atoms with E-state index in [1.54, 1.807) is 0 Å². The van der Waals surface area contributed by atoms with Crippen LogP contribution in [-0.4, -0.2) is 6.54 Å². The van der Waals surface area contributed by atoms with Gasteiger partial charge in [0, 0.05) is 5.39 Å². The van der Waals surface area contributed by atoms with Crippen molar-refractivity contribution in [1.82, 2.24) is 5.32 Å². The molecular formula is C16H21NO. The maximum atomic E-state index is 5.94. The summed E-state index contributed by atoms with van der Waals surface area (Å²) in [6, 6.07) is 8.73. The molecule has 1 aromatic carbocycles. The number of hydrogen-bond acceptors (Lipinski definition) is 2. The van der Waals surface area contributed by atoms with Crippen molar-refractivity contribution in [3.05, 3.63) is 48.2 Å². The highest BCUT2D eigenvalue weighted by Gasteiger charge is 2.14. The fourth-order valence-electron chi connectivity index (χ4n) is 2.23. The van der Waals surface area contributed by atoms with E-state index in [9.17, 15) is 0 Å². The van der Waals surface area contributed by atoms with Gasteiger partial charge in [-0.05, 0) is 44.5 Å². The van der Waals surface area contributed by atoms with Gasteiger partial charge < -0.3 is 9.73 Å². The van der Waals surface area contributed by atoms with Crippen LogP contribution in [0.25, 0.3) is 11.0 Å². The lowest BCUT2D eigenvalue weighted by molar-refractivity contribution is 0.419. The summed E-state index contributed by atoms with van der Waals surface area (Å²) < 4.78 is 5.94. The van der Waals surface area contributed by atoms with Gasteiger partial charge in [-0.3, -0.25) is 0 Å². The lowest BCUT2D eigenvalue weighted by Crippen LogP contribution is -2.20. The molecule has 1 N–H and O–H groups in total. The van der Waals surface area contributed by atoms with Gasteiger partial charge in [-0.1, -0.05) is 24.6 Å². The highest BCUT2D eigenvalue weighted by Crippen LogP contribution is 2.27. The molecule has 1 heterocycles. The van der Waals surface area contributed by atoms with Gasteiger partial charge in [0.15, 0.2) is 0 Å². The summed E-state index contributed by atoms with van der Waals surface area (Å²) in [4.78, 5) is 0. The first-order valence-electron chi connectivity index (χ1n) is 6.59. The van der Waals surface area contributed by atoms with E-state index in [2.05, 4.69) is 43.9 Å². The van der Waals surface area contributed by atoms with Gasteiger partial charge in [-0.25, -0.2) is 0 Å². The fourth-order valence-corrected chi connectivity index (χ4v) is 2.23. The quantitative estimate of drug-likeness (QED) is 0.763. The SMILES string of the molecule is C=CCCC(NCC)c1cc2cc(C)ccc2o1. The lowest BCUT2D eigenvalue weighted by Gasteiger charge is -2.13. The first kappa shape index (κ1) is 12.9. The number of nitrogens with one attached hydrogen (secondary N) is 1. The van der Waals surface area contributed by atoms with E-state index in [0.29, 0.717) is 0 Å². The predicted octanol–water partition coefficient (Wildman–Crippen LogP) is 4.36. The van der Waals surface area contributed by atoms with Gasteiger partial charge in [0.05, 0.1) is 6.04 Å². The smallest absolute Gasteiger partial charge is 0.134 e. The van der Waals surface area contributed by atoms with Gasteiger partial charge in [0.25, 0.3) is 0 Å². The Kier molecular flexibility index (Phi) is 4.21. The second-order valence-corrected chi connectivity index (χ2v) is 4.67. The molecule has 0 aliphatic carbocycles. The molecule has 2 rings (SSSR count). The Hall–Kier alpha value is -1.54. The first-order chi connectivity index (χ1) is 8.74. The number of allylic oxidation sites excluding steroid dienone is 1. The molecule has 0 aliphatic heterocycles. The maximum absolute atomic E-state index is 5.94. The van der Waals surface area contributed by atoms with Gasteiger partial charge in [-0.15, -0.1) is 6.58 Å². The molecule has 1 atom stereocenters. The van der Waals surface area contributed by atoms with Crippen molar-refractivity contribution in [2.75, 3.05) is 6.54 Å². The lowest BCUT2D eigenvalue weighted by atomic mass is 10.1. The average molecular weight is 243 g/mol. The largest absolute Gasteiger partial charge is 0.459 e. The molecule has 0 saturated heterocycles. The van der Waals surface area contributed by atoms with Crippen LogP contribution in [0.5, 0.6) is 0 Å². The number of fused-ring (bicyclic) bond motifs is 1. The third-order valence-electron chi connectivity index (χ3n) is 3.14. The minimum Gasteiger partial charge on any atom is -0.459 e. The van der Waals surface area contributed by atoms with Crippen LogP contribution >= 0.6 is 0 Å². The van der Waals surface area contributed by atoms with Crippen LogP contribution in [0.1, 0.15) is 37.1 Å². The fraction of sp³-hybridized carbons (Fsp3) is 0.375. The van der Waals surface area contributed by atoms with E-state index >= 15 is 0 Å². The van der Waals surface area contributed by atoms with Crippen LogP contribution in [0.2, 0.25) is 0 Å². The third-order valence-corrected chi connectivity index (χ3v) is 3.14. The Morgan fingerprint density at radius 1 is 1.39 bits per heavy atom. The monoisotopic (exact) mass is 243 g/mol. The Morgan fingerprint density at radius 3 is 2.94 bits per heavy atom. The molecule has 0 aliphatic rings. The number of hydrogen-bond donors (Lipinski definition) is 1. The number of furan rings is 1. The topological polar surface area (TPSA) is 25.2 Å². The van der Waals surface area contributed by atoms with Gasteiger partial charge >= 0.3 is 0 Å². The van der Waals surface area contributed by atoms with Gasteiger partial charge in [-0.2, -0.15) is 0 Å². The number of aryl methyl sites for hydroxylation is 1. The molecule has 1 unspecified atom stereocenters. The number of rotatable bonds is 6. The summed E-state index contributed by atoms with van der Waals surface area (Å²) in [5, 5.41) is 4.65. The van der Waals surface area contributed by atoms with Crippen molar-refractivity contribution in [3.8, 4) is 0 Å². The summed E-state index contributed by atoms with van der Waals surface area (Å²) in [7, 11) is 0. The van der Waals surface area contributed by atoms with Crippen LogP contribution in [0.3, 0.4) is 0 Å². The molecule has 0 saturated carbocycles. The Bertz CT molecular complexity index is 527. The molecule has 0 fully saturated rings. The Morgan fingerprint density at radius 2 is 2.22 bits per heavy atom. The Balaban J connectivity index is 2.28. The van der Waals surface area contributed by atoms with E-state index in [-0.39, 0.29) is 6.04 Å². The molecule has 96 valence electrons. The predicted molar refractivity (Wildman–Crippen MR) is 76.8 cm³/mol. The minimum atomic E-state index is 0.278. The van der Waals surface area contributed by atoms with E-state index in [1.165, 1.54) is 10.9 Å². The van der Waals surface area contributed by atoms with E-state index in [0.717, 1.165) is 30.7 Å². The van der Waals surface area contributed by atoms with Gasteiger partial charge in [0.2, 0.25) is 0 Å². The van der Waals surface area contributed by atoms with Crippen molar-refractivity contribution in [1.29, 1.82) is 0 Å². The van der Waals surface area contributed by atoms with E-state index in [4.69, 9.17) is 4.42 Å². The molecule has 2 aromatic rings. The second kappa shape index (κ2) is 5.87. The summed E-state index contributed by atoms with van der Waals surface area (Å²) in [6.45, 7) is 8.95. The molecule has 18 heavy (non-hydrogen) atoms. The van der Waals surface area contributed by atoms with Crippen LogP contribution in [0.4, 0.5) is 0 Å².